The topological polar surface area (TPSA) is 55.5 Å². The Labute approximate surface area is 57.0 Å². The highest BCUT2D eigenvalue weighted by Gasteiger charge is 2.12. The molecule has 0 aliphatic carbocycles. The maximum atomic E-state index is 10.4. The van der Waals surface area contributed by atoms with Crippen LogP contribution in [0.15, 0.2) is 16.5 Å². The second-order valence-electron chi connectivity index (χ2n) is 1.52. The number of aliphatic imine (C=N–C) groups is 1. The van der Waals surface area contributed by atoms with E-state index in [0.717, 1.165) is 0 Å². The summed E-state index contributed by atoms with van der Waals surface area (Å²) >= 11 is 1.32. The van der Waals surface area contributed by atoms with Crippen molar-refractivity contribution in [2.45, 2.75) is 5.37 Å². The molecular formula is C5H6N2OS. The third-order valence-electron chi connectivity index (χ3n) is 0.837. The fourth-order valence-corrected chi connectivity index (χ4v) is 1.04. The number of hydrogen-bond donors (Lipinski definition) is 1. The second kappa shape index (κ2) is 2.68. The number of amides is 1. The standard InChI is InChI=1S/C5H6N2OS/c6-4(8)5-7-2-1-3-9-5/h1-3,5H,(H2,6,8). The predicted molar refractivity (Wildman–Crippen MR) is 38.2 cm³/mol. The summed E-state index contributed by atoms with van der Waals surface area (Å²) in [5.74, 6) is -0.388. The van der Waals surface area contributed by atoms with Crippen LogP contribution in [0, 0.1) is 0 Å². The average molecular weight is 142 g/mol. The first-order chi connectivity index (χ1) is 4.30. The van der Waals surface area contributed by atoms with E-state index in [2.05, 4.69) is 4.99 Å². The Morgan fingerprint density at radius 3 is 2.89 bits per heavy atom. The molecule has 1 unspecified atom stereocenters. The first kappa shape index (κ1) is 6.35. The minimum atomic E-state index is -0.407. The van der Waals surface area contributed by atoms with Gasteiger partial charge in [0.2, 0.25) is 0 Å². The highest BCUT2D eigenvalue weighted by atomic mass is 32.2. The Kier molecular flexibility index (Phi) is 1.89. The van der Waals surface area contributed by atoms with Crippen LogP contribution in [0.5, 0.6) is 0 Å². The molecular weight excluding hydrogens is 136 g/mol. The summed E-state index contributed by atoms with van der Waals surface area (Å²) in [6, 6.07) is 0. The molecule has 1 rings (SSSR count). The normalized spacial score (nSPS) is 24.2. The van der Waals surface area contributed by atoms with Crippen LogP contribution < -0.4 is 5.73 Å². The van der Waals surface area contributed by atoms with E-state index in [0.29, 0.717) is 0 Å². The zero-order valence-corrected chi connectivity index (χ0v) is 5.47. The van der Waals surface area contributed by atoms with Crippen LogP contribution in [0.25, 0.3) is 0 Å². The first-order valence-electron chi connectivity index (χ1n) is 2.44. The Morgan fingerprint density at radius 1 is 1.78 bits per heavy atom. The van der Waals surface area contributed by atoms with E-state index in [4.69, 9.17) is 5.73 Å². The molecule has 0 fully saturated rings. The van der Waals surface area contributed by atoms with Gasteiger partial charge in [0.05, 0.1) is 0 Å². The first-order valence-corrected chi connectivity index (χ1v) is 3.38. The predicted octanol–water partition coefficient (Wildman–Crippen LogP) is 0.129. The van der Waals surface area contributed by atoms with Gasteiger partial charge in [-0.1, -0.05) is 11.8 Å². The molecule has 2 N–H and O–H groups in total. The van der Waals surface area contributed by atoms with E-state index in [-0.39, 0.29) is 5.91 Å². The SMILES string of the molecule is NC(=O)C1N=CC=CS1. The Morgan fingerprint density at radius 2 is 2.56 bits per heavy atom. The van der Waals surface area contributed by atoms with E-state index >= 15 is 0 Å². The summed E-state index contributed by atoms with van der Waals surface area (Å²) < 4.78 is 0. The van der Waals surface area contributed by atoms with E-state index in [1.54, 1.807) is 17.7 Å². The van der Waals surface area contributed by atoms with Gasteiger partial charge in [-0.2, -0.15) is 0 Å². The van der Waals surface area contributed by atoms with Gasteiger partial charge in [0.1, 0.15) is 0 Å². The number of primary amides is 1. The molecule has 1 aliphatic heterocycles. The fourth-order valence-electron chi connectivity index (χ4n) is 0.458. The molecule has 48 valence electrons. The highest BCUT2D eigenvalue weighted by molar-refractivity contribution is 8.03. The fraction of sp³-hybridized carbons (Fsp3) is 0.200. The summed E-state index contributed by atoms with van der Waals surface area (Å²) in [7, 11) is 0. The zero-order chi connectivity index (χ0) is 6.69. The maximum Gasteiger partial charge on any atom is 0.252 e. The zero-order valence-electron chi connectivity index (χ0n) is 4.65. The van der Waals surface area contributed by atoms with E-state index < -0.39 is 5.37 Å². The van der Waals surface area contributed by atoms with Gasteiger partial charge >= 0.3 is 0 Å². The summed E-state index contributed by atoms with van der Waals surface area (Å²) in [5.41, 5.74) is 4.96. The van der Waals surface area contributed by atoms with Gasteiger partial charge in [-0.3, -0.25) is 9.79 Å². The van der Waals surface area contributed by atoms with Gasteiger partial charge in [-0.05, 0) is 11.5 Å². The van der Waals surface area contributed by atoms with Crippen molar-refractivity contribution in [2.75, 3.05) is 0 Å². The lowest BCUT2D eigenvalue weighted by Gasteiger charge is -2.05. The maximum absolute atomic E-state index is 10.4. The summed E-state index contributed by atoms with van der Waals surface area (Å²) in [4.78, 5) is 14.2. The van der Waals surface area contributed by atoms with Gasteiger partial charge in [0.25, 0.3) is 5.91 Å². The van der Waals surface area contributed by atoms with Gasteiger partial charge < -0.3 is 5.73 Å². The molecule has 0 aromatic heterocycles. The van der Waals surface area contributed by atoms with E-state index in [1.165, 1.54) is 11.8 Å². The third kappa shape index (κ3) is 1.57. The highest BCUT2D eigenvalue weighted by Crippen LogP contribution is 2.15. The molecule has 1 atom stereocenters. The quantitative estimate of drug-likeness (QED) is 0.565. The van der Waals surface area contributed by atoms with Crippen molar-refractivity contribution in [3.05, 3.63) is 11.5 Å². The number of allylic oxidation sites excluding steroid dienone is 1. The number of carbonyl (C=O) groups is 1. The molecule has 0 radical (unpaired) electrons. The average Bonchev–Trinajstić information content (AvgIpc) is 1.90. The van der Waals surface area contributed by atoms with Crippen molar-refractivity contribution in [3.63, 3.8) is 0 Å². The molecule has 3 nitrogen and oxygen atoms in total. The molecule has 9 heavy (non-hydrogen) atoms. The minimum absolute atomic E-state index is 0.388. The van der Waals surface area contributed by atoms with Crippen molar-refractivity contribution >= 4 is 23.9 Å². The largest absolute Gasteiger partial charge is 0.367 e. The monoisotopic (exact) mass is 142 g/mol. The molecule has 0 aromatic rings. The summed E-state index contributed by atoms with van der Waals surface area (Å²) in [6.45, 7) is 0. The third-order valence-corrected chi connectivity index (χ3v) is 1.76. The Balaban J connectivity index is 2.56. The Bertz CT molecular complexity index is 176. The van der Waals surface area contributed by atoms with Crippen LogP contribution in [-0.2, 0) is 4.79 Å². The smallest absolute Gasteiger partial charge is 0.252 e. The molecule has 1 amide bonds. The van der Waals surface area contributed by atoms with Crippen molar-refractivity contribution < 1.29 is 4.79 Å². The van der Waals surface area contributed by atoms with Crippen LogP contribution >= 0.6 is 11.8 Å². The van der Waals surface area contributed by atoms with Gasteiger partial charge in [0, 0.05) is 6.21 Å². The lowest BCUT2D eigenvalue weighted by atomic mass is 10.6. The molecule has 0 bridgehead atoms. The van der Waals surface area contributed by atoms with Gasteiger partial charge in [0.15, 0.2) is 5.37 Å². The van der Waals surface area contributed by atoms with E-state index in [9.17, 15) is 4.79 Å². The second-order valence-corrected chi connectivity index (χ2v) is 2.51. The van der Waals surface area contributed by atoms with Crippen molar-refractivity contribution in [1.29, 1.82) is 0 Å². The number of carbonyl (C=O) groups excluding carboxylic acids is 1. The number of hydrogen-bond acceptors (Lipinski definition) is 3. The number of nitrogens with two attached hydrogens (primary N) is 1. The molecule has 0 saturated heterocycles. The van der Waals surface area contributed by atoms with Crippen LogP contribution in [-0.4, -0.2) is 17.5 Å². The van der Waals surface area contributed by atoms with Gasteiger partial charge in [-0.15, -0.1) is 0 Å². The lowest BCUT2D eigenvalue weighted by Crippen LogP contribution is -2.24. The molecule has 4 heteroatoms. The molecule has 0 aromatic carbocycles. The van der Waals surface area contributed by atoms with Crippen LogP contribution in [0.1, 0.15) is 0 Å². The summed E-state index contributed by atoms with van der Waals surface area (Å²) in [5, 5.41) is 1.39. The molecule has 0 saturated carbocycles. The van der Waals surface area contributed by atoms with Crippen molar-refractivity contribution in [2.24, 2.45) is 10.7 Å². The van der Waals surface area contributed by atoms with Crippen LogP contribution in [0.2, 0.25) is 0 Å². The van der Waals surface area contributed by atoms with Gasteiger partial charge in [-0.25, -0.2) is 0 Å². The van der Waals surface area contributed by atoms with Crippen LogP contribution in [0.3, 0.4) is 0 Å². The summed E-state index contributed by atoms with van der Waals surface area (Å²) in [6.07, 6.45) is 3.34. The van der Waals surface area contributed by atoms with Crippen molar-refractivity contribution in [1.82, 2.24) is 0 Å². The molecule has 1 aliphatic rings. The number of rotatable bonds is 1. The number of nitrogens with zero attached hydrogens (tertiary/aromatic N) is 1. The number of thioether (sulfide) groups is 1. The Hall–Kier alpha value is -0.770. The van der Waals surface area contributed by atoms with E-state index in [1.807, 2.05) is 0 Å². The minimum Gasteiger partial charge on any atom is -0.367 e. The van der Waals surface area contributed by atoms with Crippen molar-refractivity contribution in [3.8, 4) is 0 Å². The molecule has 1 heterocycles. The molecule has 0 spiro atoms. The van der Waals surface area contributed by atoms with Crippen LogP contribution in [0.4, 0.5) is 0 Å². The lowest BCUT2D eigenvalue weighted by molar-refractivity contribution is -0.117.